The Kier molecular flexibility index (Phi) is 3.17. The maximum absolute atomic E-state index is 13.0. The van der Waals surface area contributed by atoms with E-state index < -0.39 is 36.7 Å². The lowest BCUT2D eigenvalue weighted by Gasteiger charge is -2.31. The van der Waals surface area contributed by atoms with Crippen LogP contribution in [0.15, 0.2) is 0 Å². The van der Waals surface area contributed by atoms with Gasteiger partial charge in [-0.15, -0.1) is 0 Å². The highest BCUT2D eigenvalue weighted by Crippen LogP contribution is 2.50. The lowest BCUT2D eigenvalue weighted by molar-refractivity contribution is -0.372. The summed E-state index contributed by atoms with van der Waals surface area (Å²) >= 11 is 0. The molecule has 0 aromatic carbocycles. The first-order valence-corrected chi connectivity index (χ1v) is 4.48. The molecule has 2 unspecified atom stereocenters. The molecular formula is C8H9F7O. The highest BCUT2D eigenvalue weighted by molar-refractivity contribution is 4.98. The molecule has 0 spiro atoms. The Morgan fingerprint density at radius 2 is 1.44 bits per heavy atom. The summed E-state index contributed by atoms with van der Waals surface area (Å²) in [6, 6.07) is 0. The van der Waals surface area contributed by atoms with E-state index >= 15 is 0 Å². The fourth-order valence-corrected chi connectivity index (χ4v) is 1.46. The van der Waals surface area contributed by atoms with E-state index in [0.29, 0.717) is 0 Å². The van der Waals surface area contributed by atoms with Crippen LogP contribution in [0.4, 0.5) is 30.7 Å². The Morgan fingerprint density at radius 3 is 1.75 bits per heavy atom. The van der Waals surface area contributed by atoms with Crippen molar-refractivity contribution in [2.24, 2.45) is 0 Å². The molecular weight excluding hydrogens is 245 g/mol. The zero-order valence-corrected chi connectivity index (χ0v) is 8.12. The molecule has 1 aliphatic rings. The molecule has 0 saturated carbocycles. The number of rotatable bonds is 2. The third kappa shape index (κ3) is 1.99. The number of alkyl halides is 7. The summed E-state index contributed by atoms with van der Waals surface area (Å²) in [6.07, 6.45) is -9.89. The Hall–Kier alpha value is -0.530. The zero-order chi connectivity index (χ0) is 12.8. The topological polar surface area (TPSA) is 9.23 Å². The third-order valence-corrected chi connectivity index (χ3v) is 2.41. The van der Waals surface area contributed by atoms with Gasteiger partial charge < -0.3 is 4.74 Å². The van der Waals surface area contributed by atoms with Crippen molar-refractivity contribution in [3.63, 3.8) is 0 Å². The molecule has 1 aliphatic heterocycles. The van der Waals surface area contributed by atoms with Crippen LogP contribution in [0, 0.1) is 0 Å². The molecule has 0 radical (unpaired) electrons. The standard InChI is InChI=1S/C8H9F7O/c1-4-2-3-5(16-4)6(9,10)7(11,12)8(13,14)15/h4-5H,2-3H2,1H3. The van der Waals surface area contributed by atoms with Crippen molar-refractivity contribution < 1.29 is 35.5 Å². The number of ether oxygens (including phenoxy) is 1. The van der Waals surface area contributed by atoms with E-state index in [1.807, 2.05) is 0 Å². The van der Waals surface area contributed by atoms with Crippen LogP contribution in [0.2, 0.25) is 0 Å². The largest absolute Gasteiger partial charge is 0.459 e. The van der Waals surface area contributed by atoms with Crippen LogP contribution in [-0.2, 0) is 4.74 Å². The van der Waals surface area contributed by atoms with Crippen molar-refractivity contribution in [1.29, 1.82) is 0 Å². The molecule has 16 heavy (non-hydrogen) atoms. The van der Waals surface area contributed by atoms with Crippen molar-refractivity contribution in [2.75, 3.05) is 0 Å². The van der Waals surface area contributed by atoms with Gasteiger partial charge in [0.05, 0.1) is 6.10 Å². The summed E-state index contributed by atoms with van der Waals surface area (Å²) in [7, 11) is 0. The maximum Gasteiger partial charge on any atom is 0.459 e. The van der Waals surface area contributed by atoms with Gasteiger partial charge in [-0.05, 0) is 19.8 Å². The van der Waals surface area contributed by atoms with E-state index in [9.17, 15) is 30.7 Å². The average Bonchev–Trinajstić information content (AvgIpc) is 2.49. The van der Waals surface area contributed by atoms with Crippen LogP contribution in [0.25, 0.3) is 0 Å². The van der Waals surface area contributed by atoms with Crippen molar-refractivity contribution in [2.45, 2.75) is 50.0 Å². The Morgan fingerprint density at radius 1 is 0.938 bits per heavy atom. The molecule has 0 aliphatic carbocycles. The molecule has 8 heteroatoms. The van der Waals surface area contributed by atoms with Crippen LogP contribution >= 0.6 is 0 Å². The van der Waals surface area contributed by atoms with Crippen molar-refractivity contribution in [3.05, 3.63) is 0 Å². The summed E-state index contributed by atoms with van der Waals surface area (Å²) < 4.78 is 90.8. The maximum atomic E-state index is 13.0. The minimum absolute atomic E-state index is 0.0359. The smallest absolute Gasteiger partial charge is 0.369 e. The summed E-state index contributed by atoms with van der Waals surface area (Å²) in [5.74, 6) is -11.3. The molecule has 0 bridgehead atoms. The van der Waals surface area contributed by atoms with Gasteiger partial charge in [0.15, 0.2) is 0 Å². The second kappa shape index (κ2) is 3.75. The third-order valence-electron chi connectivity index (χ3n) is 2.41. The molecule has 0 aromatic heterocycles. The van der Waals surface area contributed by atoms with Gasteiger partial charge in [0.25, 0.3) is 0 Å². The Balaban J connectivity index is 2.92. The van der Waals surface area contributed by atoms with E-state index in [4.69, 9.17) is 0 Å². The van der Waals surface area contributed by atoms with Gasteiger partial charge in [-0.1, -0.05) is 0 Å². The monoisotopic (exact) mass is 254 g/mol. The normalized spacial score (nSPS) is 28.5. The number of halogens is 7. The van der Waals surface area contributed by atoms with Crippen LogP contribution in [0.1, 0.15) is 19.8 Å². The first-order valence-electron chi connectivity index (χ1n) is 4.48. The molecule has 0 aromatic rings. The van der Waals surface area contributed by atoms with Gasteiger partial charge in [-0.3, -0.25) is 0 Å². The molecule has 1 heterocycles. The van der Waals surface area contributed by atoms with Crippen molar-refractivity contribution >= 4 is 0 Å². The van der Waals surface area contributed by atoms with Gasteiger partial charge >= 0.3 is 18.0 Å². The van der Waals surface area contributed by atoms with E-state index in [1.165, 1.54) is 6.92 Å². The highest BCUT2D eigenvalue weighted by Gasteiger charge is 2.76. The first-order chi connectivity index (χ1) is 7.00. The van der Waals surface area contributed by atoms with E-state index in [2.05, 4.69) is 4.74 Å². The summed E-state index contributed by atoms with van der Waals surface area (Å²) in [6.45, 7) is 1.34. The second-order valence-electron chi connectivity index (χ2n) is 3.71. The van der Waals surface area contributed by atoms with E-state index in [-0.39, 0.29) is 6.42 Å². The molecule has 1 rings (SSSR count). The quantitative estimate of drug-likeness (QED) is 0.686. The second-order valence-corrected chi connectivity index (χ2v) is 3.71. The molecule has 0 N–H and O–H groups in total. The predicted molar refractivity (Wildman–Crippen MR) is 39.5 cm³/mol. The Labute approximate surface area is 86.6 Å². The van der Waals surface area contributed by atoms with Crippen LogP contribution < -0.4 is 0 Å². The highest BCUT2D eigenvalue weighted by atomic mass is 19.4. The summed E-state index contributed by atoms with van der Waals surface area (Å²) in [5, 5.41) is 0. The SMILES string of the molecule is CC1CCC(C(F)(F)C(F)(F)C(F)(F)F)O1. The molecule has 1 fully saturated rings. The van der Waals surface area contributed by atoms with Crippen LogP contribution in [0.3, 0.4) is 0 Å². The van der Waals surface area contributed by atoms with Gasteiger partial charge in [0.1, 0.15) is 6.10 Å². The molecule has 1 saturated heterocycles. The van der Waals surface area contributed by atoms with Crippen molar-refractivity contribution in [1.82, 2.24) is 0 Å². The average molecular weight is 254 g/mol. The van der Waals surface area contributed by atoms with Gasteiger partial charge in [0.2, 0.25) is 0 Å². The number of hydrogen-bond donors (Lipinski definition) is 0. The lowest BCUT2D eigenvalue weighted by Crippen LogP contribution is -2.57. The number of hydrogen-bond acceptors (Lipinski definition) is 1. The van der Waals surface area contributed by atoms with Crippen LogP contribution in [-0.4, -0.2) is 30.2 Å². The lowest BCUT2D eigenvalue weighted by atomic mass is 10.0. The summed E-state index contributed by atoms with van der Waals surface area (Å²) in [4.78, 5) is 0. The van der Waals surface area contributed by atoms with Gasteiger partial charge in [-0.2, -0.15) is 30.7 Å². The fraction of sp³-hybridized carbons (Fsp3) is 1.00. The molecule has 2 atom stereocenters. The molecule has 1 nitrogen and oxygen atoms in total. The molecule has 96 valence electrons. The van der Waals surface area contributed by atoms with Crippen LogP contribution in [0.5, 0.6) is 0 Å². The Bertz CT molecular complexity index is 260. The first kappa shape index (κ1) is 13.5. The molecule has 0 amide bonds. The van der Waals surface area contributed by atoms with Gasteiger partial charge in [-0.25, -0.2) is 0 Å². The minimum Gasteiger partial charge on any atom is -0.369 e. The van der Waals surface area contributed by atoms with E-state index in [0.717, 1.165) is 0 Å². The predicted octanol–water partition coefficient (Wildman–Crippen LogP) is 3.39. The summed E-state index contributed by atoms with van der Waals surface area (Å²) in [5.41, 5.74) is 0. The fourth-order valence-electron chi connectivity index (χ4n) is 1.46. The minimum atomic E-state index is -6.29. The van der Waals surface area contributed by atoms with Gasteiger partial charge in [0, 0.05) is 0 Å². The van der Waals surface area contributed by atoms with E-state index in [1.54, 1.807) is 0 Å². The van der Waals surface area contributed by atoms with Crippen molar-refractivity contribution in [3.8, 4) is 0 Å². The zero-order valence-electron chi connectivity index (χ0n) is 8.12.